The molecule has 0 spiro atoms. The van der Waals surface area contributed by atoms with Gasteiger partial charge in [-0.3, -0.25) is 10.1 Å². The van der Waals surface area contributed by atoms with E-state index in [9.17, 15) is 10.1 Å². The van der Waals surface area contributed by atoms with E-state index >= 15 is 0 Å². The molecule has 0 amide bonds. The number of hydrogen-bond acceptors (Lipinski definition) is 3. The number of hydrogen-bond donors (Lipinski definition) is 0. The molecule has 0 N–H and O–H groups in total. The van der Waals surface area contributed by atoms with Crippen LogP contribution in [0, 0.1) is 10.1 Å². The van der Waals surface area contributed by atoms with Gasteiger partial charge >= 0.3 is 0 Å². The van der Waals surface area contributed by atoms with Crippen LogP contribution < -0.4 is 4.90 Å². The molecule has 0 radical (unpaired) electrons. The van der Waals surface area contributed by atoms with Crippen molar-refractivity contribution in [3.63, 3.8) is 0 Å². The highest BCUT2D eigenvalue weighted by molar-refractivity contribution is 9.10. The highest BCUT2D eigenvalue weighted by Crippen LogP contribution is 2.37. The predicted molar refractivity (Wildman–Crippen MR) is 80.8 cm³/mol. The van der Waals surface area contributed by atoms with Gasteiger partial charge in [-0.1, -0.05) is 6.92 Å². The first kappa shape index (κ1) is 14.3. The maximum atomic E-state index is 10.9. The summed E-state index contributed by atoms with van der Waals surface area (Å²) in [6.45, 7) is 5.31. The normalized spacial score (nSPS) is 19.5. The average molecular weight is 327 g/mol. The summed E-state index contributed by atoms with van der Waals surface area (Å²) in [6.07, 6.45) is 4.45. The molecule has 104 valence electrons. The predicted octanol–water partition coefficient (Wildman–Crippen LogP) is 4.30. The summed E-state index contributed by atoms with van der Waals surface area (Å²) in [5, 5.41) is 10.9. The van der Waals surface area contributed by atoms with E-state index in [4.69, 9.17) is 0 Å². The van der Waals surface area contributed by atoms with Crippen LogP contribution in [0.25, 0.3) is 0 Å². The molecule has 1 heterocycles. The van der Waals surface area contributed by atoms with Gasteiger partial charge in [0.25, 0.3) is 5.69 Å². The van der Waals surface area contributed by atoms with Crippen LogP contribution in [0.1, 0.15) is 38.7 Å². The number of rotatable bonds is 3. The lowest BCUT2D eigenvalue weighted by atomic mass is 10.00. The number of aryl methyl sites for hydroxylation is 1. The van der Waals surface area contributed by atoms with E-state index in [1.807, 2.05) is 6.92 Å². The molecule has 1 fully saturated rings. The first-order valence-corrected chi connectivity index (χ1v) is 7.57. The molecule has 1 aromatic carbocycles. The van der Waals surface area contributed by atoms with Gasteiger partial charge in [-0.05, 0) is 54.1 Å². The summed E-state index contributed by atoms with van der Waals surface area (Å²) < 4.78 is 0.840. The van der Waals surface area contributed by atoms with Crippen LogP contribution in [0.4, 0.5) is 11.4 Å². The minimum Gasteiger partial charge on any atom is -0.368 e. The van der Waals surface area contributed by atoms with Crippen LogP contribution in [0.2, 0.25) is 0 Å². The number of anilines is 1. The Morgan fingerprint density at radius 1 is 1.47 bits per heavy atom. The number of nitro groups is 1. The van der Waals surface area contributed by atoms with Gasteiger partial charge in [0.15, 0.2) is 0 Å². The Hall–Kier alpha value is -1.10. The van der Waals surface area contributed by atoms with Crippen LogP contribution >= 0.6 is 15.9 Å². The minimum absolute atomic E-state index is 0.164. The maximum Gasteiger partial charge on any atom is 0.270 e. The molecule has 1 aliphatic rings. The lowest BCUT2D eigenvalue weighted by molar-refractivity contribution is -0.385. The van der Waals surface area contributed by atoms with Crippen molar-refractivity contribution in [2.45, 2.75) is 45.6 Å². The van der Waals surface area contributed by atoms with Gasteiger partial charge in [0.1, 0.15) is 0 Å². The summed E-state index contributed by atoms with van der Waals surface area (Å²) in [7, 11) is 0. The Bertz CT molecular complexity index is 491. The van der Waals surface area contributed by atoms with Gasteiger partial charge in [0, 0.05) is 29.2 Å². The first-order valence-electron chi connectivity index (χ1n) is 6.78. The van der Waals surface area contributed by atoms with Gasteiger partial charge < -0.3 is 4.90 Å². The van der Waals surface area contributed by atoms with E-state index in [1.165, 1.54) is 19.3 Å². The van der Waals surface area contributed by atoms with Gasteiger partial charge in [-0.25, -0.2) is 0 Å². The summed E-state index contributed by atoms with van der Waals surface area (Å²) in [4.78, 5) is 13.0. The summed E-state index contributed by atoms with van der Waals surface area (Å²) in [5.74, 6) is 0. The van der Waals surface area contributed by atoms with Gasteiger partial charge in [-0.15, -0.1) is 0 Å². The number of piperidine rings is 1. The van der Waals surface area contributed by atoms with Crippen molar-refractivity contribution in [3.05, 3.63) is 32.3 Å². The zero-order valence-corrected chi connectivity index (χ0v) is 12.9. The molecule has 1 aliphatic heterocycles. The third kappa shape index (κ3) is 2.91. The molecular weight excluding hydrogens is 308 g/mol. The molecule has 5 heteroatoms. The molecule has 0 aromatic heterocycles. The SMILES string of the molecule is CCc1cc([N+](=O)[O-])cc(Br)c1N1CCCC[C@H]1C. The summed E-state index contributed by atoms with van der Waals surface area (Å²) in [5.41, 5.74) is 2.35. The molecule has 1 saturated heterocycles. The lowest BCUT2D eigenvalue weighted by Gasteiger charge is -2.37. The van der Waals surface area contributed by atoms with E-state index in [2.05, 4.69) is 27.8 Å². The van der Waals surface area contributed by atoms with Gasteiger partial charge in [0.05, 0.1) is 10.6 Å². The third-order valence-electron chi connectivity index (χ3n) is 3.81. The third-order valence-corrected chi connectivity index (χ3v) is 4.41. The molecule has 0 aliphatic carbocycles. The number of halogens is 1. The molecule has 0 bridgehead atoms. The minimum atomic E-state index is -0.326. The average Bonchev–Trinajstić information content (AvgIpc) is 2.39. The molecule has 1 aromatic rings. The quantitative estimate of drug-likeness (QED) is 0.614. The van der Waals surface area contributed by atoms with Gasteiger partial charge in [-0.2, -0.15) is 0 Å². The maximum absolute atomic E-state index is 10.9. The molecule has 2 rings (SSSR count). The molecule has 19 heavy (non-hydrogen) atoms. The van der Waals surface area contributed by atoms with Crippen molar-refractivity contribution in [3.8, 4) is 0 Å². The monoisotopic (exact) mass is 326 g/mol. The van der Waals surface area contributed by atoms with Crippen molar-refractivity contribution >= 4 is 27.3 Å². The van der Waals surface area contributed by atoms with Crippen molar-refractivity contribution in [1.29, 1.82) is 0 Å². The molecule has 0 saturated carbocycles. The highest BCUT2D eigenvalue weighted by Gasteiger charge is 2.24. The zero-order valence-electron chi connectivity index (χ0n) is 11.4. The number of nitrogens with zero attached hydrogens (tertiary/aromatic N) is 2. The second-order valence-electron chi connectivity index (χ2n) is 5.08. The Morgan fingerprint density at radius 3 is 2.79 bits per heavy atom. The number of nitro benzene ring substituents is 1. The van der Waals surface area contributed by atoms with E-state index in [1.54, 1.807) is 12.1 Å². The fourth-order valence-electron chi connectivity index (χ4n) is 2.77. The fourth-order valence-corrected chi connectivity index (χ4v) is 3.48. The van der Waals surface area contributed by atoms with Gasteiger partial charge in [0.2, 0.25) is 0 Å². The largest absolute Gasteiger partial charge is 0.368 e. The van der Waals surface area contributed by atoms with Crippen molar-refractivity contribution in [1.82, 2.24) is 0 Å². The Labute approximate surface area is 122 Å². The van der Waals surface area contributed by atoms with Crippen LogP contribution in [-0.4, -0.2) is 17.5 Å². The Balaban J connectivity index is 2.46. The first-order chi connectivity index (χ1) is 9.04. The van der Waals surface area contributed by atoms with Crippen molar-refractivity contribution in [2.24, 2.45) is 0 Å². The molecule has 1 atom stereocenters. The second-order valence-corrected chi connectivity index (χ2v) is 5.94. The molecule has 4 nitrogen and oxygen atoms in total. The summed E-state index contributed by atoms with van der Waals surface area (Å²) in [6, 6.07) is 3.83. The highest BCUT2D eigenvalue weighted by atomic mass is 79.9. The Morgan fingerprint density at radius 2 is 2.21 bits per heavy atom. The van der Waals surface area contributed by atoms with Crippen molar-refractivity contribution in [2.75, 3.05) is 11.4 Å². The topological polar surface area (TPSA) is 46.4 Å². The standard InChI is InChI=1S/C14H19BrN2O2/c1-3-11-8-12(17(18)19)9-13(15)14(11)16-7-5-4-6-10(16)2/h8-10H,3-7H2,1-2H3/t10-/m1/s1. The van der Waals surface area contributed by atoms with E-state index in [0.29, 0.717) is 6.04 Å². The Kier molecular flexibility index (Phi) is 4.45. The van der Waals surface area contributed by atoms with Crippen LogP contribution in [0.3, 0.4) is 0 Å². The number of non-ortho nitro benzene ring substituents is 1. The van der Waals surface area contributed by atoms with E-state index in [-0.39, 0.29) is 10.6 Å². The van der Waals surface area contributed by atoms with Crippen LogP contribution in [0.5, 0.6) is 0 Å². The zero-order chi connectivity index (χ0) is 14.0. The molecular formula is C14H19BrN2O2. The smallest absolute Gasteiger partial charge is 0.270 e. The van der Waals surface area contributed by atoms with E-state index < -0.39 is 0 Å². The van der Waals surface area contributed by atoms with Crippen LogP contribution in [0.15, 0.2) is 16.6 Å². The second kappa shape index (κ2) is 5.90. The van der Waals surface area contributed by atoms with Crippen molar-refractivity contribution < 1.29 is 4.92 Å². The van der Waals surface area contributed by atoms with Crippen LogP contribution in [-0.2, 0) is 6.42 Å². The molecule has 0 unspecified atom stereocenters. The fraction of sp³-hybridized carbons (Fsp3) is 0.571. The summed E-state index contributed by atoms with van der Waals surface area (Å²) >= 11 is 3.52. The number of benzene rings is 1. The lowest BCUT2D eigenvalue weighted by Crippen LogP contribution is -2.38. The van der Waals surface area contributed by atoms with E-state index in [0.717, 1.165) is 28.7 Å².